The van der Waals surface area contributed by atoms with Gasteiger partial charge in [0.25, 0.3) is 0 Å². The first-order chi connectivity index (χ1) is 12.4. The van der Waals surface area contributed by atoms with E-state index >= 15 is 0 Å². The Bertz CT molecular complexity index is 934. The van der Waals surface area contributed by atoms with Crippen molar-refractivity contribution in [3.8, 4) is 18.2 Å². The molecule has 3 atom stereocenters. The maximum Gasteiger partial charge on any atom is 0.191 e. The van der Waals surface area contributed by atoms with Gasteiger partial charge in [-0.05, 0) is 36.6 Å². The summed E-state index contributed by atoms with van der Waals surface area (Å²) in [5, 5.41) is 29.8. The van der Waals surface area contributed by atoms with Crippen molar-refractivity contribution in [2.24, 2.45) is 17.1 Å². The molecule has 0 amide bonds. The average Bonchev–Trinajstić information content (AvgIpc) is 2.62. The van der Waals surface area contributed by atoms with E-state index in [2.05, 4.69) is 31.3 Å². The first-order valence-electron chi connectivity index (χ1n) is 8.71. The molecule has 0 radical (unpaired) electrons. The topological polar surface area (TPSA) is 102 Å². The summed E-state index contributed by atoms with van der Waals surface area (Å²) >= 11 is 0. The number of benzene rings is 1. The van der Waals surface area contributed by atoms with Gasteiger partial charge in [-0.15, -0.1) is 0 Å². The van der Waals surface area contributed by atoms with E-state index in [1.54, 1.807) is 0 Å². The second kappa shape index (κ2) is 6.34. The molecule has 0 saturated carbocycles. The number of hydrogen-bond acceptors (Lipinski definition) is 4. The lowest BCUT2D eigenvalue weighted by molar-refractivity contribution is -0.878. The molecule has 1 aromatic rings. The molecule has 0 fully saturated rings. The lowest BCUT2D eigenvalue weighted by Crippen LogP contribution is -3.10. The zero-order valence-corrected chi connectivity index (χ0v) is 15.3. The van der Waals surface area contributed by atoms with Gasteiger partial charge in [-0.3, -0.25) is 0 Å². The van der Waals surface area contributed by atoms with Crippen molar-refractivity contribution >= 4 is 0 Å². The Morgan fingerprint density at radius 2 is 1.88 bits per heavy atom. The number of nitrogens with zero attached hydrogens (tertiary/aromatic N) is 3. The third kappa shape index (κ3) is 2.39. The van der Waals surface area contributed by atoms with Gasteiger partial charge in [0, 0.05) is 11.8 Å². The monoisotopic (exact) mass is 344 g/mol. The van der Waals surface area contributed by atoms with Crippen molar-refractivity contribution in [1.82, 2.24) is 0 Å². The van der Waals surface area contributed by atoms with Gasteiger partial charge in [0.1, 0.15) is 6.07 Å². The van der Waals surface area contributed by atoms with Crippen molar-refractivity contribution in [3.63, 3.8) is 0 Å². The Labute approximate surface area is 154 Å². The summed E-state index contributed by atoms with van der Waals surface area (Å²) in [6.45, 7) is 5.58. The number of nitrogens with two attached hydrogens (primary N) is 1. The highest BCUT2D eigenvalue weighted by Gasteiger charge is 2.55. The standard InChI is InChI=1S/C21H21N5/c1-13-4-5-15(14(2)8-13)19-18-10-26(3)7-6-16(18)17(9-22)20(25)21(19,11-23)12-24/h4-6,8,18-19H,7,10,25H2,1-3H3/p+1. The Balaban J connectivity index is 2.36. The van der Waals surface area contributed by atoms with Crippen LogP contribution in [0.4, 0.5) is 0 Å². The zero-order valence-electron chi connectivity index (χ0n) is 15.3. The molecule has 0 saturated heterocycles. The lowest BCUT2D eigenvalue weighted by Gasteiger charge is -2.44. The fourth-order valence-electron chi connectivity index (χ4n) is 4.44. The molecule has 130 valence electrons. The number of fused-ring (bicyclic) bond motifs is 1. The second-order valence-electron chi connectivity index (χ2n) is 7.40. The van der Waals surface area contributed by atoms with Crippen LogP contribution < -0.4 is 10.6 Å². The van der Waals surface area contributed by atoms with Crippen LogP contribution in [-0.4, -0.2) is 20.1 Å². The second-order valence-corrected chi connectivity index (χ2v) is 7.40. The zero-order chi connectivity index (χ0) is 19.1. The molecule has 1 aliphatic heterocycles. The van der Waals surface area contributed by atoms with Crippen molar-refractivity contribution in [1.29, 1.82) is 15.8 Å². The molecule has 1 heterocycles. The fraction of sp³-hybridized carbons (Fsp3) is 0.381. The van der Waals surface area contributed by atoms with Gasteiger partial charge in [-0.1, -0.05) is 23.8 Å². The van der Waals surface area contributed by atoms with Crippen LogP contribution in [0, 0.1) is 59.2 Å². The van der Waals surface area contributed by atoms with Crippen LogP contribution in [0.15, 0.2) is 41.1 Å². The van der Waals surface area contributed by atoms with E-state index in [1.807, 2.05) is 32.1 Å². The van der Waals surface area contributed by atoms with E-state index in [-0.39, 0.29) is 11.6 Å². The molecule has 3 rings (SSSR count). The minimum atomic E-state index is -1.54. The number of rotatable bonds is 1. The number of aryl methyl sites for hydroxylation is 2. The Morgan fingerprint density at radius 3 is 2.46 bits per heavy atom. The highest BCUT2D eigenvalue weighted by atomic mass is 15.1. The summed E-state index contributed by atoms with van der Waals surface area (Å²) in [6.07, 6.45) is 2.05. The summed E-state index contributed by atoms with van der Waals surface area (Å²) in [5.41, 5.74) is 9.20. The number of allylic oxidation sites excluding steroid dienone is 2. The number of nitriles is 3. The predicted molar refractivity (Wildman–Crippen MR) is 97.3 cm³/mol. The Morgan fingerprint density at radius 1 is 1.19 bits per heavy atom. The summed E-state index contributed by atoms with van der Waals surface area (Å²) in [7, 11) is 2.08. The molecule has 3 N–H and O–H groups in total. The minimum Gasteiger partial charge on any atom is -0.399 e. The summed E-state index contributed by atoms with van der Waals surface area (Å²) in [6, 6.07) is 12.6. The van der Waals surface area contributed by atoms with Crippen LogP contribution in [0.3, 0.4) is 0 Å². The first-order valence-corrected chi connectivity index (χ1v) is 8.71. The third-order valence-electron chi connectivity index (χ3n) is 5.71. The molecular formula is C21H22N5+. The Hall–Kier alpha value is -3.07. The van der Waals surface area contributed by atoms with Crippen molar-refractivity contribution in [3.05, 3.63) is 57.8 Å². The predicted octanol–water partition coefficient (Wildman–Crippen LogP) is 1.24. The number of quaternary nitrogens is 1. The van der Waals surface area contributed by atoms with E-state index in [9.17, 15) is 15.8 Å². The van der Waals surface area contributed by atoms with Crippen molar-refractivity contribution in [2.45, 2.75) is 19.8 Å². The molecule has 1 aliphatic carbocycles. The molecule has 26 heavy (non-hydrogen) atoms. The van der Waals surface area contributed by atoms with E-state index in [0.717, 1.165) is 35.4 Å². The molecule has 0 bridgehead atoms. The Kier molecular flexibility index (Phi) is 4.33. The molecule has 5 nitrogen and oxygen atoms in total. The maximum absolute atomic E-state index is 10.0. The third-order valence-corrected chi connectivity index (χ3v) is 5.71. The molecule has 1 aromatic carbocycles. The van der Waals surface area contributed by atoms with E-state index < -0.39 is 11.3 Å². The highest BCUT2D eigenvalue weighted by Crippen LogP contribution is 2.53. The van der Waals surface area contributed by atoms with E-state index in [0.29, 0.717) is 5.57 Å². The molecule has 2 aliphatic rings. The lowest BCUT2D eigenvalue weighted by atomic mass is 9.57. The summed E-state index contributed by atoms with van der Waals surface area (Å²) in [5.74, 6) is -0.483. The van der Waals surface area contributed by atoms with Gasteiger partial charge in [0.2, 0.25) is 0 Å². The van der Waals surface area contributed by atoms with Crippen LogP contribution in [0.2, 0.25) is 0 Å². The SMILES string of the molecule is Cc1ccc(C2C3C[NH+](C)CC=C3C(C#N)=C(N)C2(C#N)C#N)c(C)c1. The number of nitrogens with one attached hydrogen (secondary N) is 1. The van der Waals surface area contributed by atoms with Crippen LogP contribution in [0.1, 0.15) is 22.6 Å². The quantitative estimate of drug-likeness (QED) is 0.800. The normalized spacial score (nSPS) is 26.8. The van der Waals surface area contributed by atoms with Crippen LogP contribution >= 0.6 is 0 Å². The minimum absolute atomic E-state index is 0.0913. The molecule has 0 aromatic heterocycles. The molecular weight excluding hydrogens is 322 g/mol. The highest BCUT2D eigenvalue weighted by molar-refractivity contribution is 5.59. The van der Waals surface area contributed by atoms with Gasteiger partial charge in [0.15, 0.2) is 5.41 Å². The smallest absolute Gasteiger partial charge is 0.191 e. The summed E-state index contributed by atoms with van der Waals surface area (Å²) in [4.78, 5) is 1.29. The molecule has 3 unspecified atom stereocenters. The van der Waals surface area contributed by atoms with E-state index in [4.69, 9.17) is 5.73 Å². The van der Waals surface area contributed by atoms with Crippen LogP contribution in [0.5, 0.6) is 0 Å². The maximum atomic E-state index is 10.0. The number of hydrogen-bond donors (Lipinski definition) is 2. The average molecular weight is 344 g/mol. The molecule has 5 heteroatoms. The van der Waals surface area contributed by atoms with E-state index in [1.165, 1.54) is 4.90 Å². The van der Waals surface area contributed by atoms with Crippen molar-refractivity contribution < 1.29 is 4.90 Å². The first kappa shape index (κ1) is 17.7. The van der Waals surface area contributed by atoms with Gasteiger partial charge < -0.3 is 10.6 Å². The largest absolute Gasteiger partial charge is 0.399 e. The van der Waals surface area contributed by atoms with Crippen molar-refractivity contribution in [2.75, 3.05) is 20.1 Å². The van der Waals surface area contributed by atoms with Gasteiger partial charge in [0.05, 0.1) is 43.5 Å². The molecule has 0 spiro atoms. The van der Waals surface area contributed by atoms with Crippen LogP contribution in [-0.2, 0) is 0 Å². The number of likely N-dealkylation sites (N-methyl/N-ethyl adjacent to an activating group) is 1. The van der Waals surface area contributed by atoms with Crippen LogP contribution in [0.25, 0.3) is 0 Å². The fourth-order valence-corrected chi connectivity index (χ4v) is 4.44. The van der Waals surface area contributed by atoms with Gasteiger partial charge in [-0.25, -0.2) is 0 Å². The van der Waals surface area contributed by atoms with Gasteiger partial charge in [-0.2, -0.15) is 15.8 Å². The summed E-state index contributed by atoms with van der Waals surface area (Å²) < 4.78 is 0. The van der Waals surface area contributed by atoms with Gasteiger partial charge >= 0.3 is 0 Å².